The van der Waals surface area contributed by atoms with Crippen LogP contribution in [0.3, 0.4) is 0 Å². The van der Waals surface area contributed by atoms with E-state index >= 15 is 0 Å². The highest BCUT2D eigenvalue weighted by Crippen LogP contribution is 2.21. The summed E-state index contributed by atoms with van der Waals surface area (Å²) in [5, 5.41) is 6.78. The van der Waals surface area contributed by atoms with Crippen LogP contribution in [-0.4, -0.2) is 32.8 Å². The second-order valence-electron chi connectivity index (χ2n) is 4.87. The number of hydrogen-bond acceptors (Lipinski definition) is 5. The molecule has 0 spiro atoms. The molecule has 2 heterocycles. The highest BCUT2D eigenvalue weighted by molar-refractivity contribution is 6.05. The SMILES string of the molecule is COc1c(C(=O)Nc2nc(C)n(-c3ccccc3)n2)ccnc1F. The molecule has 2 aromatic heterocycles. The highest BCUT2D eigenvalue weighted by Gasteiger charge is 2.19. The van der Waals surface area contributed by atoms with Crippen LogP contribution in [-0.2, 0) is 0 Å². The van der Waals surface area contributed by atoms with Crippen molar-refractivity contribution in [1.29, 1.82) is 0 Å². The molecule has 1 N–H and O–H groups in total. The first-order valence-corrected chi connectivity index (χ1v) is 7.09. The van der Waals surface area contributed by atoms with Crippen molar-refractivity contribution in [2.45, 2.75) is 6.92 Å². The van der Waals surface area contributed by atoms with E-state index in [1.54, 1.807) is 11.6 Å². The number of methoxy groups -OCH3 is 1. The Labute approximate surface area is 137 Å². The van der Waals surface area contributed by atoms with E-state index in [1.807, 2.05) is 30.3 Å². The number of anilines is 1. The summed E-state index contributed by atoms with van der Waals surface area (Å²) in [6.45, 7) is 1.77. The second-order valence-corrected chi connectivity index (χ2v) is 4.87. The number of hydrogen-bond donors (Lipinski definition) is 1. The quantitative estimate of drug-likeness (QED) is 0.744. The van der Waals surface area contributed by atoms with Gasteiger partial charge in [0.2, 0.25) is 5.95 Å². The fourth-order valence-electron chi connectivity index (χ4n) is 2.22. The van der Waals surface area contributed by atoms with Crippen LogP contribution in [0, 0.1) is 12.9 Å². The van der Waals surface area contributed by atoms with Crippen molar-refractivity contribution in [2.24, 2.45) is 0 Å². The van der Waals surface area contributed by atoms with E-state index in [2.05, 4.69) is 20.4 Å². The number of halogens is 1. The summed E-state index contributed by atoms with van der Waals surface area (Å²) in [4.78, 5) is 20.0. The molecule has 1 amide bonds. The molecule has 0 atom stereocenters. The van der Waals surface area contributed by atoms with Crippen LogP contribution >= 0.6 is 0 Å². The van der Waals surface area contributed by atoms with Crippen molar-refractivity contribution in [3.8, 4) is 11.4 Å². The van der Waals surface area contributed by atoms with Crippen LogP contribution in [0.5, 0.6) is 5.75 Å². The Balaban J connectivity index is 1.88. The summed E-state index contributed by atoms with van der Waals surface area (Å²) < 4.78 is 20.1. The predicted octanol–water partition coefficient (Wildman–Crippen LogP) is 2.37. The molecule has 122 valence electrons. The summed E-state index contributed by atoms with van der Waals surface area (Å²) in [5.74, 6) is -0.957. The van der Waals surface area contributed by atoms with E-state index in [4.69, 9.17) is 4.74 Å². The fraction of sp³-hybridized carbons (Fsp3) is 0.125. The first kappa shape index (κ1) is 15.6. The maximum absolute atomic E-state index is 13.6. The zero-order chi connectivity index (χ0) is 17.1. The minimum atomic E-state index is -0.857. The molecule has 0 aliphatic rings. The molecule has 7 nitrogen and oxygen atoms in total. The van der Waals surface area contributed by atoms with Gasteiger partial charge in [-0.3, -0.25) is 10.1 Å². The van der Waals surface area contributed by atoms with Gasteiger partial charge in [-0.15, -0.1) is 5.10 Å². The molecule has 3 rings (SSSR count). The van der Waals surface area contributed by atoms with E-state index in [0.29, 0.717) is 5.82 Å². The molecule has 8 heteroatoms. The Morgan fingerprint density at radius 1 is 1.25 bits per heavy atom. The monoisotopic (exact) mass is 327 g/mol. The van der Waals surface area contributed by atoms with Gasteiger partial charge in [0.1, 0.15) is 5.82 Å². The Morgan fingerprint density at radius 2 is 2.00 bits per heavy atom. The van der Waals surface area contributed by atoms with Gasteiger partial charge < -0.3 is 4.74 Å². The summed E-state index contributed by atoms with van der Waals surface area (Å²) in [7, 11) is 1.27. The molecule has 0 saturated carbocycles. The number of nitrogens with one attached hydrogen (secondary N) is 1. The lowest BCUT2D eigenvalue weighted by atomic mass is 10.2. The molecule has 0 fully saturated rings. The molecular formula is C16H14FN5O2. The lowest BCUT2D eigenvalue weighted by molar-refractivity contribution is 0.102. The Morgan fingerprint density at radius 3 is 2.71 bits per heavy atom. The van der Waals surface area contributed by atoms with Gasteiger partial charge in [-0.2, -0.15) is 9.37 Å². The number of carbonyl (C=O) groups excluding carboxylic acids is 1. The number of rotatable bonds is 4. The highest BCUT2D eigenvalue weighted by atomic mass is 19.1. The van der Waals surface area contributed by atoms with Crippen molar-refractivity contribution in [2.75, 3.05) is 12.4 Å². The third-order valence-corrected chi connectivity index (χ3v) is 3.30. The van der Waals surface area contributed by atoms with E-state index in [-0.39, 0.29) is 17.3 Å². The van der Waals surface area contributed by atoms with Crippen molar-refractivity contribution >= 4 is 11.9 Å². The molecule has 1 aromatic carbocycles. The number of nitrogens with zero attached hydrogens (tertiary/aromatic N) is 4. The number of aromatic nitrogens is 4. The van der Waals surface area contributed by atoms with Crippen LogP contribution in [0.2, 0.25) is 0 Å². The number of pyridine rings is 1. The van der Waals surface area contributed by atoms with Crippen molar-refractivity contribution in [3.05, 3.63) is 59.9 Å². The van der Waals surface area contributed by atoms with Crippen molar-refractivity contribution in [3.63, 3.8) is 0 Å². The van der Waals surface area contributed by atoms with Gasteiger partial charge in [0.25, 0.3) is 11.9 Å². The first-order valence-electron chi connectivity index (χ1n) is 7.09. The Hall–Kier alpha value is -3.29. The molecule has 0 radical (unpaired) electrons. The molecule has 0 saturated heterocycles. The molecule has 0 aliphatic carbocycles. The van der Waals surface area contributed by atoms with Crippen LogP contribution in [0.1, 0.15) is 16.2 Å². The number of amides is 1. The van der Waals surface area contributed by atoms with Gasteiger partial charge in [0, 0.05) is 6.20 Å². The van der Waals surface area contributed by atoms with Gasteiger partial charge in [-0.25, -0.2) is 9.67 Å². The largest absolute Gasteiger partial charge is 0.491 e. The van der Waals surface area contributed by atoms with E-state index in [9.17, 15) is 9.18 Å². The van der Waals surface area contributed by atoms with Gasteiger partial charge in [-0.05, 0) is 25.1 Å². The molecule has 0 unspecified atom stereocenters. The number of carbonyl (C=O) groups is 1. The van der Waals surface area contributed by atoms with Crippen molar-refractivity contribution < 1.29 is 13.9 Å². The van der Waals surface area contributed by atoms with E-state index in [0.717, 1.165) is 5.69 Å². The molecule has 0 aliphatic heterocycles. The Kier molecular flexibility index (Phi) is 4.19. The van der Waals surface area contributed by atoms with Crippen LogP contribution < -0.4 is 10.1 Å². The number of benzene rings is 1. The zero-order valence-corrected chi connectivity index (χ0v) is 13.0. The van der Waals surface area contributed by atoms with Crippen molar-refractivity contribution in [1.82, 2.24) is 19.7 Å². The minimum absolute atomic E-state index is 0.0127. The fourth-order valence-corrected chi connectivity index (χ4v) is 2.22. The topological polar surface area (TPSA) is 81.9 Å². The minimum Gasteiger partial charge on any atom is -0.491 e. The second kappa shape index (κ2) is 6.45. The molecule has 0 bridgehead atoms. The summed E-state index contributed by atoms with van der Waals surface area (Å²) >= 11 is 0. The average molecular weight is 327 g/mol. The lowest BCUT2D eigenvalue weighted by Crippen LogP contribution is -2.15. The molecular weight excluding hydrogens is 313 g/mol. The zero-order valence-electron chi connectivity index (χ0n) is 13.0. The lowest BCUT2D eigenvalue weighted by Gasteiger charge is -2.07. The van der Waals surface area contributed by atoms with E-state index < -0.39 is 11.9 Å². The summed E-state index contributed by atoms with van der Waals surface area (Å²) in [6.07, 6.45) is 1.19. The third kappa shape index (κ3) is 2.94. The smallest absolute Gasteiger partial charge is 0.262 e. The standard InChI is InChI=1S/C16H14FN5O2/c1-10-19-16(21-22(10)11-6-4-3-5-7-11)20-15(23)12-8-9-18-14(17)13(12)24-2/h3-9H,1-2H3,(H,20,21,23). The van der Waals surface area contributed by atoms with Crippen LogP contribution in [0.4, 0.5) is 10.3 Å². The van der Waals surface area contributed by atoms with Crippen LogP contribution in [0.15, 0.2) is 42.6 Å². The summed E-state index contributed by atoms with van der Waals surface area (Å²) in [6, 6.07) is 10.7. The van der Waals surface area contributed by atoms with Gasteiger partial charge >= 0.3 is 0 Å². The molecule has 24 heavy (non-hydrogen) atoms. The van der Waals surface area contributed by atoms with Gasteiger partial charge in [0.15, 0.2) is 5.75 Å². The average Bonchev–Trinajstić information content (AvgIpc) is 2.95. The maximum atomic E-state index is 13.6. The van der Waals surface area contributed by atoms with Crippen LogP contribution in [0.25, 0.3) is 5.69 Å². The number of ether oxygens (including phenoxy) is 1. The maximum Gasteiger partial charge on any atom is 0.262 e. The van der Waals surface area contributed by atoms with Gasteiger partial charge in [-0.1, -0.05) is 18.2 Å². The summed E-state index contributed by atoms with van der Waals surface area (Å²) in [5.41, 5.74) is 0.828. The van der Waals surface area contributed by atoms with E-state index in [1.165, 1.54) is 19.4 Å². The van der Waals surface area contributed by atoms with Gasteiger partial charge in [0.05, 0.1) is 18.4 Å². The predicted molar refractivity (Wildman–Crippen MR) is 84.8 cm³/mol. The third-order valence-electron chi connectivity index (χ3n) is 3.30. The normalized spacial score (nSPS) is 10.5. The number of para-hydroxylation sites is 1. The number of aryl methyl sites for hydroxylation is 1. The first-order chi connectivity index (χ1) is 11.6. The molecule has 3 aromatic rings. The Bertz CT molecular complexity index is 879.